The van der Waals surface area contributed by atoms with Crippen LogP contribution in [-0.2, 0) is 0 Å². The highest BCUT2D eigenvalue weighted by molar-refractivity contribution is 5.48. The highest BCUT2D eigenvalue weighted by atomic mass is 15.2. The van der Waals surface area contributed by atoms with Gasteiger partial charge in [0.05, 0.1) is 0 Å². The van der Waals surface area contributed by atoms with Crippen molar-refractivity contribution in [2.75, 3.05) is 38.1 Å². The summed E-state index contributed by atoms with van der Waals surface area (Å²) < 4.78 is 0. The van der Waals surface area contributed by atoms with Crippen LogP contribution in [0.5, 0.6) is 0 Å². The number of anilines is 1. The Morgan fingerprint density at radius 2 is 2.17 bits per heavy atom. The summed E-state index contributed by atoms with van der Waals surface area (Å²) in [5.41, 5.74) is 8.42. The maximum absolute atomic E-state index is 5.74. The fourth-order valence-corrected chi connectivity index (χ4v) is 2.74. The zero-order valence-corrected chi connectivity index (χ0v) is 11.6. The van der Waals surface area contributed by atoms with Crippen molar-refractivity contribution in [3.8, 4) is 0 Å². The third-order valence-electron chi connectivity index (χ3n) is 3.86. The Labute approximate surface area is 111 Å². The predicted octanol–water partition coefficient (Wildman–Crippen LogP) is 1.85. The van der Waals surface area contributed by atoms with Gasteiger partial charge in [-0.05, 0) is 57.6 Å². The fourth-order valence-electron chi connectivity index (χ4n) is 2.74. The van der Waals surface area contributed by atoms with Crippen LogP contribution in [0.15, 0.2) is 24.3 Å². The van der Waals surface area contributed by atoms with Crippen LogP contribution in [0.1, 0.15) is 18.4 Å². The summed E-state index contributed by atoms with van der Waals surface area (Å²) in [4.78, 5) is 4.97. The molecule has 18 heavy (non-hydrogen) atoms. The number of hydrogen-bond acceptors (Lipinski definition) is 3. The van der Waals surface area contributed by atoms with Gasteiger partial charge in [0.15, 0.2) is 0 Å². The van der Waals surface area contributed by atoms with E-state index in [0.29, 0.717) is 6.04 Å². The Bertz CT molecular complexity index is 378. The van der Waals surface area contributed by atoms with Gasteiger partial charge in [-0.2, -0.15) is 0 Å². The molecule has 3 nitrogen and oxygen atoms in total. The smallest absolute Gasteiger partial charge is 0.0369 e. The number of nitrogens with zero attached hydrogens (tertiary/aromatic N) is 2. The molecule has 2 N–H and O–H groups in total. The van der Waals surface area contributed by atoms with E-state index in [0.717, 1.165) is 26.1 Å². The van der Waals surface area contributed by atoms with Crippen LogP contribution in [0, 0.1) is 6.92 Å². The van der Waals surface area contributed by atoms with Gasteiger partial charge in [-0.3, -0.25) is 0 Å². The summed E-state index contributed by atoms with van der Waals surface area (Å²) in [5, 5.41) is 0. The monoisotopic (exact) mass is 247 g/mol. The second-order valence-electron chi connectivity index (χ2n) is 5.35. The molecule has 0 amide bonds. The number of aryl methyl sites for hydroxylation is 1. The fraction of sp³-hybridized carbons (Fsp3) is 0.600. The van der Waals surface area contributed by atoms with Crippen molar-refractivity contribution in [3.63, 3.8) is 0 Å². The molecule has 1 heterocycles. The first-order valence-electron chi connectivity index (χ1n) is 6.92. The highest BCUT2D eigenvalue weighted by Crippen LogP contribution is 2.20. The maximum Gasteiger partial charge on any atom is 0.0369 e. The Kier molecular flexibility index (Phi) is 4.61. The number of benzene rings is 1. The summed E-state index contributed by atoms with van der Waals surface area (Å²) in [5.74, 6) is 0. The van der Waals surface area contributed by atoms with Crippen LogP contribution in [-0.4, -0.2) is 44.2 Å². The molecule has 100 valence electrons. The molecule has 1 unspecified atom stereocenters. The van der Waals surface area contributed by atoms with Gasteiger partial charge in [0.2, 0.25) is 0 Å². The van der Waals surface area contributed by atoms with E-state index in [1.165, 1.54) is 24.2 Å². The highest BCUT2D eigenvalue weighted by Gasteiger charge is 2.21. The Morgan fingerprint density at radius 1 is 1.33 bits per heavy atom. The molecule has 1 fully saturated rings. The van der Waals surface area contributed by atoms with Gasteiger partial charge >= 0.3 is 0 Å². The van der Waals surface area contributed by atoms with Crippen molar-refractivity contribution < 1.29 is 0 Å². The van der Waals surface area contributed by atoms with Gasteiger partial charge in [-0.25, -0.2) is 0 Å². The summed E-state index contributed by atoms with van der Waals surface area (Å²) in [7, 11) is 2.22. The summed E-state index contributed by atoms with van der Waals surface area (Å²) in [6.07, 6.45) is 2.31. The molecule has 2 rings (SSSR count). The van der Waals surface area contributed by atoms with Crippen molar-refractivity contribution in [1.29, 1.82) is 0 Å². The third-order valence-corrected chi connectivity index (χ3v) is 3.86. The minimum absolute atomic E-state index is 0.581. The average Bonchev–Trinajstić information content (AvgIpc) is 2.53. The van der Waals surface area contributed by atoms with Gasteiger partial charge in [0.1, 0.15) is 0 Å². The van der Waals surface area contributed by atoms with Crippen molar-refractivity contribution >= 4 is 5.69 Å². The second-order valence-corrected chi connectivity index (χ2v) is 5.35. The zero-order chi connectivity index (χ0) is 13.0. The van der Waals surface area contributed by atoms with Crippen LogP contribution >= 0.6 is 0 Å². The lowest BCUT2D eigenvalue weighted by Gasteiger charge is -2.30. The summed E-state index contributed by atoms with van der Waals surface area (Å²) >= 11 is 0. The predicted molar refractivity (Wildman–Crippen MR) is 78.1 cm³/mol. The first kappa shape index (κ1) is 13.4. The molecule has 1 aromatic carbocycles. The number of likely N-dealkylation sites (N-methyl/N-ethyl adjacent to an activating group) is 1. The number of nitrogens with two attached hydrogens (primary N) is 1. The molecule has 1 aliphatic rings. The molecule has 1 aromatic rings. The normalized spacial score (nSPS) is 21.9. The van der Waals surface area contributed by atoms with Crippen LogP contribution in [0.25, 0.3) is 0 Å². The van der Waals surface area contributed by atoms with E-state index in [1.54, 1.807) is 0 Å². The maximum atomic E-state index is 5.74. The SMILES string of the molecule is Cc1cccc(N2CCCN(C)C(CCN)C2)c1. The van der Waals surface area contributed by atoms with Gasteiger partial charge in [0.25, 0.3) is 0 Å². The van der Waals surface area contributed by atoms with Crippen molar-refractivity contribution in [1.82, 2.24) is 4.90 Å². The number of hydrogen-bond donors (Lipinski definition) is 1. The summed E-state index contributed by atoms with van der Waals surface area (Å²) in [6, 6.07) is 9.39. The average molecular weight is 247 g/mol. The van der Waals surface area contributed by atoms with E-state index in [9.17, 15) is 0 Å². The lowest BCUT2D eigenvalue weighted by molar-refractivity contribution is 0.251. The first-order valence-corrected chi connectivity index (χ1v) is 6.92. The molecule has 0 aromatic heterocycles. The minimum Gasteiger partial charge on any atom is -0.370 e. The standard InChI is InChI=1S/C15H25N3/c1-13-5-3-6-14(11-13)18-10-4-9-17(2)15(12-18)7-8-16/h3,5-6,11,15H,4,7-10,12,16H2,1-2H3. The molecule has 0 aliphatic carbocycles. The van der Waals surface area contributed by atoms with E-state index in [-0.39, 0.29) is 0 Å². The molecule has 0 radical (unpaired) electrons. The number of rotatable bonds is 3. The van der Waals surface area contributed by atoms with Crippen molar-refractivity contribution in [2.24, 2.45) is 5.73 Å². The van der Waals surface area contributed by atoms with Gasteiger partial charge < -0.3 is 15.5 Å². The molecule has 0 saturated carbocycles. The lowest BCUT2D eigenvalue weighted by atomic mass is 10.1. The minimum atomic E-state index is 0.581. The Balaban J connectivity index is 2.12. The molecule has 0 bridgehead atoms. The molecular weight excluding hydrogens is 222 g/mol. The topological polar surface area (TPSA) is 32.5 Å². The molecule has 1 aliphatic heterocycles. The second kappa shape index (κ2) is 6.21. The van der Waals surface area contributed by atoms with E-state index in [1.807, 2.05) is 0 Å². The summed E-state index contributed by atoms with van der Waals surface area (Å²) in [6.45, 7) is 6.35. The Morgan fingerprint density at radius 3 is 2.89 bits per heavy atom. The Hall–Kier alpha value is -1.06. The van der Waals surface area contributed by atoms with E-state index < -0.39 is 0 Å². The molecule has 3 heteroatoms. The van der Waals surface area contributed by atoms with Crippen molar-refractivity contribution in [2.45, 2.75) is 25.8 Å². The molecule has 1 saturated heterocycles. The van der Waals surface area contributed by atoms with Gasteiger partial charge in [-0.15, -0.1) is 0 Å². The van der Waals surface area contributed by atoms with Crippen molar-refractivity contribution in [3.05, 3.63) is 29.8 Å². The molecule has 0 spiro atoms. The largest absolute Gasteiger partial charge is 0.370 e. The van der Waals surface area contributed by atoms with E-state index in [2.05, 4.69) is 48.0 Å². The molecule has 1 atom stereocenters. The van der Waals surface area contributed by atoms with Crippen LogP contribution in [0.3, 0.4) is 0 Å². The van der Waals surface area contributed by atoms with E-state index >= 15 is 0 Å². The molecular formula is C15H25N3. The lowest BCUT2D eigenvalue weighted by Crippen LogP contribution is -2.40. The zero-order valence-electron chi connectivity index (χ0n) is 11.6. The first-order chi connectivity index (χ1) is 8.70. The van der Waals surface area contributed by atoms with Gasteiger partial charge in [-0.1, -0.05) is 12.1 Å². The van der Waals surface area contributed by atoms with Crippen LogP contribution < -0.4 is 10.6 Å². The quantitative estimate of drug-likeness (QED) is 0.885. The third kappa shape index (κ3) is 3.24. The van der Waals surface area contributed by atoms with Crippen LogP contribution in [0.2, 0.25) is 0 Å². The van der Waals surface area contributed by atoms with E-state index in [4.69, 9.17) is 5.73 Å². The van der Waals surface area contributed by atoms with Crippen LogP contribution in [0.4, 0.5) is 5.69 Å². The van der Waals surface area contributed by atoms with Gasteiger partial charge in [0, 0.05) is 24.8 Å².